The number of carbonyl (C=O) groups excluding carboxylic acids is 1. The Kier molecular flexibility index (Phi) is 6.41. The van der Waals surface area contributed by atoms with E-state index in [1.165, 1.54) is 0 Å². The number of nitrogens with one attached hydrogen (secondary N) is 1. The van der Waals surface area contributed by atoms with E-state index in [-0.39, 0.29) is 12.5 Å². The molecule has 1 heterocycles. The molecule has 7 heteroatoms. The Morgan fingerprint density at radius 2 is 1.89 bits per heavy atom. The van der Waals surface area contributed by atoms with Crippen LogP contribution in [0.2, 0.25) is 10.0 Å². The van der Waals surface area contributed by atoms with Crippen LogP contribution in [0.5, 0.6) is 5.75 Å². The smallest absolute Gasteiger partial charge is 0.263 e. The van der Waals surface area contributed by atoms with Crippen molar-refractivity contribution in [1.29, 1.82) is 0 Å². The Balaban J connectivity index is 1.53. The van der Waals surface area contributed by atoms with Crippen LogP contribution >= 0.6 is 23.2 Å². The first kappa shape index (κ1) is 18.9. The zero-order chi connectivity index (χ0) is 19.1. The van der Waals surface area contributed by atoms with Crippen molar-refractivity contribution in [3.05, 3.63) is 82.5 Å². The van der Waals surface area contributed by atoms with E-state index in [1.807, 2.05) is 12.1 Å². The van der Waals surface area contributed by atoms with E-state index in [1.54, 1.807) is 60.9 Å². The molecule has 0 atom stereocenters. The van der Waals surface area contributed by atoms with Crippen LogP contribution in [0, 0.1) is 0 Å². The SMILES string of the molecule is O=C(COc1ccc(C=Nc2ccc(Cl)c(Cl)c2)cc1)Nc1ccccn1. The Labute approximate surface area is 166 Å². The second-order valence-corrected chi connectivity index (χ2v) is 6.29. The number of aliphatic imine (C=N–C) groups is 1. The second-order valence-electron chi connectivity index (χ2n) is 5.48. The average Bonchev–Trinajstić information content (AvgIpc) is 2.69. The van der Waals surface area contributed by atoms with E-state index < -0.39 is 0 Å². The molecule has 0 saturated carbocycles. The van der Waals surface area contributed by atoms with Crippen LogP contribution in [0.25, 0.3) is 0 Å². The summed E-state index contributed by atoms with van der Waals surface area (Å²) in [5.41, 5.74) is 1.59. The molecule has 0 aliphatic carbocycles. The quantitative estimate of drug-likeness (QED) is 0.582. The lowest BCUT2D eigenvalue weighted by Gasteiger charge is -2.07. The zero-order valence-corrected chi connectivity index (χ0v) is 15.6. The number of nitrogens with zero attached hydrogens (tertiary/aromatic N) is 2. The number of halogens is 2. The lowest BCUT2D eigenvalue weighted by molar-refractivity contribution is -0.118. The third-order valence-corrected chi connectivity index (χ3v) is 4.19. The van der Waals surface area contributed by atoms with Crippen LogP contribution in [0.3, 0.4) is 0 Å². The van der Waals surface area contributed by atoms with Crippen LogP contribution in [-0.4, -0.2) is 23.7 Å². The molecule has 0 aliphatic heterocycles. The standard InChI is InChI=1S/C20H15Cl2N3O2/c21-17-9-6-15(11-18(17)22)24-12-14-4-7-16(8-5-14)27-13-20(26)25-19-3-1-2-10-23-19/h1-12H,13H2,(H,23,25,26). The molecule has 0 spiro atoms. The van der Waals surface area contributed by atoms with Crippen LogP contribution < -0.4 is 10.1 Å². The number of carbonyl (C=O) groups is 1. The van der Waals surface area contributed by atoms with Gasteiger partial charge < -0.3 is 10.1 Å². The van der Waals surface area contributed by atoms with Gasteiger partial charge in [-0.25, -0.2) is 4.98 Å². The van der Waals surface area contributed by atoms with Gasteiger partial charge in [0.15, 0.2) is 6.61 Å². The van der Waals surface area contributed by atoms with Gasteiger partial charge >= 0.3 is 0 Å². The summed E-state index contributed by atoms with van der Waals surface area (Å²) in [6.45, 7) is -0.104. The maximum absolute atomic E-state index is 11.8. The van der Waals surface area contributed by atoms with Gasteiger partial charge in [-0.2, -0.15) is 0 Å². The fourth-order valence-corrected chi connectivity index (χ4v) is 2.42. The predicted octanol–water partition coefficient (Wildman–Crippen LogP) is 5.16. The topological polar surface area (TPSA) is 63.6 Å². The number of benzene rings is 2. The highest BCUT2D eigenvalue weighted by Gasteiger charge is 2.04. The van der Waals surface area contributed by atoms with Crippen LogP contribution in [0.1, 0.15) is 5.56 Å². The van der Waals surface area contributed by atoms with Crippen molar-refractivity contribution in [2.75, 3.05) is 11.9 Å². The van der Waals surface area contributed by atoms with Gasteiger partial charge in [-0.3, -0.25) is 9.79 Å². The molecule has 27 heavy (non-hydrogen) atoms. The van der Waals surface area contributed by atoms with E-state index in [2.05, 4.69) is 15.3 Å². The van der Waals surface area contributed by atoms with Gasteiger partial charge in [0.25, 0.3) is 5.91 Å². The maximum atomic E-state index is 11.8. The lowest BCUT2D eigenvalue weighted by Crippen LogP contribution is -2.20. The molecule has 0 aliphatic rings. The van der Waals surface area contributed by atoms with Gasteiger partial charge in [-0.15, -0.1) is 0 Å². The minimum absolute atomic E-state index is 0.104. The van der Waals surface area contributed by atoms with Crippen molar-refractivity contribution in [3.63, 3.8) is 0 Å². The predicted molar refractivity (Wildman–Crippen MR) is 109 cm³/mol. The van der Waals surface area contributed by atoms with Crippen molar-refractivity contribution < 1.29 is 9.53 Å². The van der Waals surface area contributed by atoms with Crippen molar-refractivity contribution in [1.82, 2.24) is 4.98 Å². The molecule has 0 bridgehead atoms. The largest absolute Gasteiger partial charge is 0.484 e. The summed E-state index contributed by atoms with van der Waals surface area (Å²) in [7, 11) is 0. The maximum Gasteiger partial charge on any atom is 0.263 e. The number of anilines is 1. The number of amides is 1. The lowest BCUT2D eigenvalue weighted by atomic mass is 10.2. The minimum atomic E-state index is -0.279. The van der Waals surface area contributed by atoms with Crippen LogP contribution in [-0.2, 0) is 4.79 Å². The number of hydrogen-bond donors (Lipinski definition) is 1. The number of pyridine rings is 1. The number of ether oxygens (including phenoxy) is 1. The molecule has 1 N–H and O–H groups in total. The molecule has 136 valence electrons. The van der Waals surface area contributed by atoms with Gasteiger partial charge in [0.2, 0.25) is 0 Å². The molecule has 0 unspecified atom stereocenters. The first-order valence-corrected chi connectivity index (χ1v) is 8.78. The van der Waals surface area contributed by atoms with Crippen molar-refractivity contribution in [2.45, 2.75) is 0 Å². The van der Waals surface area contributed by atoms with E-state index >= 15 is 0 Å². The molecule has 2 aromatic carbocycles. The van der Waals surface area contributed by atoms with E-state index in [0.717, 1.165) is 5.56 Å². The highest BCUT2D eigenvalue weighted by molar-refractivity contribution is 6.42. The van der Waals surface area contributed by atoms with Gasteiger partial charge in [-0.05, 0) is 60.2 Å². The summed E-state index contributed by atoms with van der Waals surface area (Å²) in [5, 5.41) is 3.60. The number of aromatic nitrogens is 1. The first-order chi connectivity index (χ1) is 13.1. The Hall–Kier alpha value is -2.89. The fourth-order valence-electron chi connectivity index (χ4n) is 2.13. The molecular weight excluding hydrogens is 385 g/mol. The summed E-state index contributed by atoms with van der Waals surface area (Å²) in [5.74, 6) is 0.789. The molecule has 1 aromatic heterocycles. The third-order valence-electron chi connectivity index (χ3n) is 3.45. The normalized spacial score (nSPS) is 10.7. The summed E-state index contributed by atoms with van der Waals surface area (Å²) in [6.07, 6.45) is 3.31. The second kappa shape index (κ2) is 9.16. The summed E-state index contributed by atoms with van der Waals surface area (Å²) in [6, 6.07) is 17.7. The van der Waals surface area contributed by atoms with Crippen molar-refractivity contribution in [2.24, 2.45) is 4.99 Å². The van der Waals surface area contributed by atoms with Crippen molar-refractivity contribution >= 4 is 46.8 Å². The number of hydrogen-bond acceptors (Lipinski definition) is 4. The number of rotatable bonds is 6. The highest BCUT2D eigenvalue weighted by atomic mass is 35.5. The summed E-state index contributed by atoms with van der Waals surface area (Å²) < 4.78 is 5.47. The third kappa shape index (κ3) is 5.81. The average molecular weight is 400 g/mol. The zero-order valence-electron chi connectivity index (χ0n) is 14.1. The van der Waals surface area contributed by atoms with Crippen LogP contribution in [0.15, 0.2) is 71.9 Å². The molecule has 0 saturated heterocycles. The highest BCUT2D eigenvalue weighted by Crippen LogP contribution is 2.26. The van der Waals surface area contributed by atoms with E-state index in [9.17, 15) is 4.79 Å². The Bertz CT molecular complexity index is 945. The van der Waals surface area contributed by atoms with Crippen molar-refractivity contribution in [3.8, 4) is 5.75 Å². The molecular formula is C20H15Cl2N3O2. The van der Waals surface area contributed by atoms with Gasteiger partial charge in [0.05, 0.1) is 15.7 Å². The Morgan fingerprint density at radius 3 is 2.59 bits per heavy atom. The minimum Gasteiger partial charge on any atom is -0.484 e. The first-order valence-electron chi connectivity index (χ1n) is 8.03. The van der Waals surface area contributed by atoms with Gasteiger partial charge in [-0.1, -0.05) is 29.3 Å². The van der Waals surface area contributed by atoms with Gasteiger partial charge in [0.1, 0.15) is 11.6 Å². The van der Waals surface area contributed by atoms with E-state index in [4.69, 9.17) is 27.9 Å². The molecule has 5 nitrogen and oxygen atoms in total. The van der Waals surface area contributed by atoms with Gasteiger partial charge in [0, 0.05) is 12.4 Å². The summed E-state index contributed by atoms with van der Waals surface area (Å²) in [4.78, 5) is 20.2. The van der Waals surface area contributed by atoms with E-state index in [0.29, 0.717) is 27.3 Å². The molecule has 3 aromatic rings. The molecule has 0 radical (unpaired) electrons. The molecule has 0 fully saturated rings. The molecule has 3 rings (SSSR count). The fraction of sp³-hybridized carbons (Fsp3) is 0.0500. The molecule has 1 amide bonds. The van der Waals surface area contributed by atoms with Crippen LogP contribution in [0.4, 0.5) is 11.5 Å². The monoisotopic (exact) mass is 399 g/mol. The Morgan fingerprint density at radius 1 is 1.07 bits per heavy atom. The summed E-state index contributed by atoms with van der Waals surface area (Å²) >= 11 is 11.9.